The van der Waals surface area contributed by atoms with Crippen molar-refractivity contribution in [2.24, 2.45) is 0 Å². The highest BCUT2D eigenvalue weighted by atomic mass is 16.3. The van der Waals surface area contributed by atoms with E-state index in [2.05, 4.69) is 25.4 Å². The van der Waals surface area contributed by atoms with Crippen LogP contribution in [-0.4, -0.2) is 56.5 Å². The lowest BCUT2D eigenvalue weighted by Crippen LogP contribution is -2.62. The number of rotatable bonds is 4. The van der Waals surface area contributed by atoms with Gasteiger partial charge in [0.15, 0.2) is 5.82 Å². The van der Waals surface area contributed by atoms with Gasteiger partial charge in [0.2, 0.25) is 0 Å². The van der Waals surface area contributed by atoms with Gasteiger partial charge in [0.1, 0.15) is 5.82 Å². The SMILES string of the molecule is Cc1nc(C(C)NC[C@]2(O)CCCN3CCCC[C@@H]32)n[nH]1. The maximum absolute atomic E-state index is 11.1. The quantitative estimate of drug-likeness (QED) is 0.776. The summed E-state index contributed by atoms with van der Waals surface area (Å²) in [5.74, 6) is 1.60. The summed E-state index contributed by atoms with van der Waals surface area (Å²) in [5, 5.41) is 21.6. The first-order valence-corrected chi connectivity index (χ1v) is 8.17. The lowest BCUT2D eigenvalue weighted by molar-refractivity contribution is -0.0928. The van der Waals surface area contributed by atoms with Crippen molar-refractivity contribution in [3.63, 3.8) is 0 Å². The first kappa shape index (κ1) is 14.9. The zero-order valence-electron chi connectivity index (χ0n) is 13.1. The molecule has 118 valence electrons. The molecule has 21 heavy (non-hydrogen) atoms. The number of nitrogens with one attached hydrogen (secondary N) is 2. The molecule has 2 fully saturated rings. The van der Waals surface area contributed by atoms with Crippen LogP contribution in [0.1, 0.15) is 56.7 Å². The number of hydrogen-bond acceptors (Lipinski definition) is 5. The first-order valence-electron chi connectivity index (χ1n) is 8.17. The van der Waals surface area contributed by atoms with Gasteiger partial charge in [-0.3, -0.25) is 10.00 Å². The molecule has 1 aromatic heterocycles. The maximum Gasteiger partial charge on any atom is 0.167 e. The molecule has 3 rings (SSSR count). The number of aliphatic hydroxyl groups is 1. The summed E-state index contributed by atoms with van der Waals surface area (Å²) in [6, 6.07) is 0.367. The third-order valence-electron chi connectivity index (χ3n) is 5.01. The van der Waals surface area contributed by atoms with Crippen LogP contribution in [0.2, 0.25) is 0 Å². The molecule has 0 aromatic carbocycles. The van der Waals surface area contributed by atoms with Crippen LogP contribution in [0, 0.1) is 6.92 Å². The second-order valence-electron chi connectivity index (χ2n) is 6.64. The Bertz CT molecular complexity index is 474. The van der Waals surface area contributed by atoms with Gasteiger partial charge in [0.05, 0.1) is 11.6 Å². The van der Waals surface area contributed by atoms with Crippen molar-refractivity contribution in [3.05, 3.63) is 11.6 Å². The van der Waals surface area contributed by atoms with Gasteiger partial charge in [-0.1, -0.05) is 6.42 Å². The van der Waals surface area contributed by atoms with E-state index in [1.807, 2.05) is 13.8 Å². The molecular formula is C15H27N5O. The van der Waals surface area contributed by atoms with E-state index < -0.39 is 5.60 Å². The van der Waals surface area contributed by atoms with E-state index >= 15 is 0 Å². The number of fused-ring (bicyclic) bond motifs is 1. The van der Waals surface area contributed by atoms with E-state index in [4.69, 9.17) is 0 Å². The fraction of sp³-hybridized carbons (Fsp3) is 0.867. The summed E-state index contributed by atoms with van der Waals surface area (Å²) in [6.07, 6.45) is 5.60. The molecule has 6 nitrogen and oxygen atoms in total. The first-order chi connectivity index (χ1) is 10.1. The number of nitrogens with zero attached hydrogens (tertiary/aromatic N) is 3. The van der Waals surface area contributed by atoms with Crippen LogP contribution >= 0.6 is 0 Å². The lowest BCUT2D eigenvalue weighted by atomic mass is 9.79. The van der Waals surface area contributed by atoms with E-state index in [1.54, 1.807) is 0 Å². The highest BCUT2D eigenvalue weighted by Crippen LogP contribution is 2.34. The lowest BCUT2D eigenvalue weighted by Gasteiger charge is -2.49. The van der Waals surface area contributed by atoms with Crippen LogP contribution in [-0.2, 0) is 0 Å². The maximum atomic E-state index is 11.1. The summed E-state index contributed by atoms with van der Waals surface area (Å²) in [6.45, 7) is 6.85. The number of aryl methyl sites for hydroxylation is 1. The van der Waals surface area contributed by atoms with Crippen LogP contribution in [0.4, 0.5) is 0 Å². The van der Waals surface area contributed by atoms with Gasteiger partial charge in [-0.15, -0.1) is 0 Å². The Morgan fingerprint density at radius 3 is 3.00 bits per heavy atom. The van der Waals surface area contributed by atoms with Gasteiger partial charge in [-0.2, -0.15) is 5.10 Å². The Balaban J connectivity index is 1.62. The zero-order chi connectivity index (χ0) is 14.9. The van der Waals surface area contributed by atoms with Crippen LogP contribution in [0.25, 0.3) is 0 Å². The van der Waals surface area contributed by atoms with E-state index in [0.717, 1.165) is 44.0 Å². The third kappa shape index (κ3) is 3.12. The molecule has 3 atom stereocenters. The molecular weight excluding hydrogens is 266 g/mol. The van der Waals surface area contributed by atoms with Gasteiger partial charge in [-0.05, 0) is 52.6 Å². The Morgan fingerprint density at radius 1 is 1.43 bits per heavy atom. The third-order valence-corrected chi connectivity index (χ3v) is 5.01. The van der Waals surface area contributed by atoms with Gasteiger partial charge in [-0.25, -0.2) is 4.98 Å². The summed E-state index contributed by atoms with van der Waals surface area (Å²) >= 11 is 0. The summed E-state index contributed by atoms with van der Waals surface area (Å²) in [4.78, 5) is 6.84. The van der Waals surface area contributed by atoms with Crippen molar-refractivity contribution in [3.8, 4) is 0 Å². The van der Waals surface area contributed by atoms with Gasteiger partial charge in [0.25, 0.3) is 0 Å². The van der Waals surface area contributed by atoms with Crippen LogP contribution < -0.4 is 5.32 Å². The topological polar surface area (TPSA) is 77.1 Å². The minimum absolute atomic E-state index is 0.0537. The van der Waals surface area contributed by atoms with Gasteiger partial charge in [0, 0.05) is 12.6 Å². The van der Waals surface area contributed by atoms with Crippen LogP contribution in [0.5, 0.6) is 0 Å². The predicted molar refractivity (Wildman–Crippen MR) is 80.9 cm³/mol. The van der Waals surface area contributed by atoms with E-state index in [-0.39, 0.29) is 6.04 Å². The highest BCUT2D eigenvalue weighted by Gasteiger charge is 2.43. The number of aromatic amines is 1. The average molecular weight is 293 g/mol. The molecule has 6 heteroatoms. The molecule has 0 aliphatic carbocycles. The smallest absolute Gasteiger partial charge is 0.167 e. The number of piperidine rings is 2. The second kappa shape index (κ2) is 6.02. The molecule has 1 unspecified atom stereocenters. The molecule has 0 radical (unpaired) electrons. The molecule has 0 saturated carbocycles. The molecule has 3 heterocycles. The number of aromatic nitrogens is 3. The molecule has 2 aliphatic rings. The van der Waals surface area contributed by atoms with Crippen molar-refractivity contribution < 1.29 is 5.11 Å². The molecule has 0 amide bonds. The predicted octanol–water partition coefficient (Wildman–Crippen LogP) is 1.14. The van der Waals surface area contributed by atoms with Crippen molar-refractivity contribution in [1.29, 1.82) is 0 Å². The monoisotopic (exact) mass is 293 g/mol. The molecule has 2 aliphatic heterocycles. The van der Waals surface area contributed by atoms with Crippen molar-refractivity contribution in [1.82, 2.24) is 25.4 Å². The fourth-order valence-corrected chi connectivity index (χ4v) is 3.80. The van der Waals surface area contributed by atoms with Crippen LogP contribution in [0.15, 0.2) is 0 Å². The minimum Gasteiger partial charge on any atom is -0.387 e. The molecule has 1 aromatic rings. The van der Waals surface area contributed by atoms with Crippen molar-refractivity contribution in [2.45, 2.75) is 63.6 Å². The zero-order valence-corrected chi connectivity index (χ0v) is 13.1. The summed E-state index contributed by atoms with van der Waals surface area (Å²) in [7, 11) is 0. The highest BCUT2D eigenvalue weighted by molar-refractivity contribution is 5.01. The summed E-state index contributed by atoms with van der Waals surface area (Å²) in [5.41, 5.74) is -0.613. The molecule has 3 N–H and O–H groups in total. The van der Waals surface area contributed by atoms with Gasteiger partial charge < -0.3 is 10.4 Å². The second-order valence-corrected chi connectivity index (χ2v) is 6.64. The van der Waals surface area contributed by atoms with Crippen molar-refractivity contribution >= 4 is 0 Å². The Kier molecular flexibility index (Phi) is 4.28. The standard InChI is InChI=1S/C15H27N5O/c1-11(14-17-12(2)18-19-14)16-10-15(21)7-5-9-20-8-4-3-6-13(15)20/h11,13,16,21H,3-10H2,1-2H3,(H,17,18,19)/t11?,13-,15-/m1/s1. The van der Waals surface area contributed by atoms with Gasteiger partial charge >= 0.3 is 0 Å². The summed E-state index contributed by atoms with van der Waals surface area (Å²) < 4.78 is 0. The molecule has 2 saturated heterocycles. The Labute approximate surface area is 126 Å². The normalized spacial score (nSPS) is 31.9. The van der Waals surface area contributed by atoms with Crippen LogP contribution in [0.3, 0.4) is 0 Å². The average Bonchev–Trinajstić information content (AvgIpc) is 2.92. The fourth-order valence-electron chi connectivity index (χ4n) is 3.80. The van der Waals surface area contributed by atoms with E-state index in [1.165, 1.54) is 12.8 Å². The number of H-pyrrole nitrogens is 1. The van der Waals surface area contributed by atoms with E-state index in [0.29, 0.717) is 12.6 Å². The number of hydrogen-bond donors (Lipinski definition) is 3. The minimum atomic E-state index is -0.613. The Morgan fingerprint density at radius 2 is 2.24 bits per heavy atom. The Hall–Kier alpha value is -0.980. The largest absolute Gasteiger partial charge is 0.387 e. The van der Waals surface area contributed by atoms with E-state index in [9.17, 15) is 5.11 Å². The molecule has 0 bridgehead atoms. The van der Waals surface area contributed by atoms with Crippen molar-refractivity contribution in [2.75, 3.05) is 19.6 Å². The molecule has 0 spiro atoms.